The van der Waals surface area contributed by atoms with E-state index in [1.165, 1.54) is 54.5 Å². The van der Waals surface area contributed by atoms with E-state index in [9.17, 15) is 0 Å². The average molecular weight is 278 g/mol. The van der Waals surface area contributed by atoms with E-state index in [0.717, 1.165) is 5.92 Å². The zero-order valence-electron chi connectivity index (χ0n) is 9.15. The molecule has 0 heterocycles. The summed E-state index contributed by atoms with van der Waals surface area (Å²) in [6.45, 7) is 0. The standard InChI is InChI=1S/C14H17.Zr.H/c1-2-7-14(12-8-3-4-9-12)13-10-5-6-11-13;;/h3-6,8,10,14H,1-2,7,9,11H2;;. The molecule has 0 nitrogen and oxygen atoms in total. The van der Waals surface area contributed by atoms with Crippen LogP contribution in [0, 0.1) is 5.92 Å². The molecule has 0 N–H and O–H groups in total. The molecule has 0 saturated heterocycles. The SMILES string of the molecule is [ZrH][CH2]CCC(C1=CC=CC1)C1=CC=CC1. The predicted molar refractivity (Wildman–Crippen MR) is 62.6 cm³/mol. The van der Waals surface area contributed by atoms with Crippen LogP contribution in [0.5, 0.6) is 0 Å². The monoisotopic (exact) mass is 276 g/mol. The molecule has 0 amide bonds. The van der Waals surface area contributed by atoms with Crippen LogP contribution in [0.4, 0.5) is 0 Å². The minimum atomic E-state index is 0.738. The van der Waals surface area contributed by atoms with Gasteiger partial charge in [-0.15, -0.1) is 0 Å². The van der Waals surface area contributed by atoms with Crippen molar-refractivity contribution in [3.8, 4) is 0 Å². The van der Waals surface area contributed by atoms with Crippen LogP contribution in [-0.2, 0) is 24.7 Å². The van der Waals surface area contributed by atoms with Gasteiger partial charge < -0.3 is 0 Å². The third kappa shape index (κ3) is 2.91. The Bertz CT molecular complexity index is 301. The zero-order chi connectivity index (χ0) is 10.5. The van der Waals surface area contributed by atoms with Crippen LogP contribution in [0.2, 0.25) is 4.13 Å². The molecular weight excluding hydrogens is 259 g/mol. The van der Waals surface area contributed by atoms with Gasteiger partial charge in [0.15, 0.2) is 0 Å². The number of rotatable bonds is 5. The summed E-state index contributed by atoms with van der Waals surface area (Å²) < 4.78 is 1.43. The van der Waals surface area contributed by atoms with Gasteiger partial charge in [0.05, 0.1) is 0 Å². The number of hydrogen-bond acceptors (Lipinski definition) is 0. The second-order valence-corrected chi connectivity index (χ2v) is 5.65. The summed E-state index contributed by atoms with van der Waals surface area (Å²) >= 11 is 1.41. The summed E-state index contributed by atoms with van der Waals surface area (Å²) in [7, 11) is 0. The van der Waals surface area contributed by atoms with Crippen molar-refractivity contribution in [2.75, 3.05) is 0 Å². The van der Waals surface area contributed by atoms with Crippen molar-refractivity contribution in [2.24, 2.45) is 5.92 Å². The van der Waals surface area contributed by atoms with Crippen LogP contribution in [0.3, 0.4) is 0 Å². The molecule has 0 radical (unpaired) electrons. The Hall–Kier alpha value is -0.157. The molecule has 0 aliphatic heterocycles. The van der Waals surface area contributed by atoms with Gasteiger partial charge in [-0.25, -0.2) is 0 Å². The first-order chi connectivity index (χ1) is 7.42. The molecule has 1 heteroatoms. The van der Waals surface area contributed by atoms with Gasteiger partial charge in [0.1, 0.15) is 0 Å². The van der Waals surface area contributed by atoms with Gasteiger partial charge in [0, 0.05) is 0 Å². The van der Waals surface area contributed by atoms with Gasteiger partial charge in [0.2, 0.25) is 0 Å². The number of hydrogen-bond donors (Lipinski definition) is 0. The van der Waals surface area contributed by atoms with Crippen molar-refractivity contribution in [1.82, 2.24) is 0 Å². The minimum absolute atomic E-state index is 0.738. The third-order valence-electron chi connectivity index (χ3n) is 3.19. The summed E-state index contributed by atoms with van der Waals surface area (Å²) in [6, 6.07) is 0. The van der Waals surface area contributed by atoms with Crippen molar-refractivity contribution in [1.29, 1.82) is 0 Å². The molecule has 2 aliphatic carbocycles. The fourth-order valence-electron chi connectivity index (χ4n) is 2.38. The zero-order valence-corrected chi connectivity index (χ0v) is 12.0. The fourth-order valence-corrected chi connectivity index (χ4v) is 2.95. The quantitative estimate of drug-likeness (QED) is 0.716. The second kappa shape index (κ2) is 5.80. The summed E-state index contributed by atoms with van der Waals surface area (Å²) in [4.78, 5) is 0. The Balaban J connectivity index is 2.02. The van der Waals surface area contributed by atoms with Gasteiger partial charge in [-0.05, 0) is 0 Å². The van der Waals surface area contributed by atoms with E-state index < -0.39 is 0 Å². The van der Waals surface area contributed by atoms with Crippen molar-refractivity contribution < 1.29 is 24.7 Å². The molecule has 0 bridgehead atoms. The maximum absolute atomic E-state index is 2.33. The second-order valence-electron chi connectivity index (χ2n) is 4.23. The molecule has 0 saturated carbocycles. The molecule has 78 valence electrons. The molecule has 2 rings (SSSR count). The van der Waals surface area contributed by atoms with Crippen LogP contribution in [0.25, 0.3) is 0 Å². The molecule has 0 atom stereocenters. The van der Waals surface area contributed by atoms with Crippen LogP contribution in [-0.4, -0.2) is 0 Å². The van der Waals surface area contributed by atoms with E-state index in [2.05, 4.69) is 36.5 Å². The topological polar surface area (TPSA) is 0 Å². The maximum atomic E-state index is 2.33. The number of allylic oxidation sites excluding steroid dienone is 8. The first kappa shape index (κ1) is 11.3. The molecule has 2 aliphatic rings. The van der Waals surface area contributed by atoms with Crippen molar-refractivity contribution in [2.45, 2.75) is 29.8 Å². The van der Waals surface area contributed by atoms with Crippen molar-refractivity contribution >= 4 is 0 Å². The van der Waals surface area contributed by atoms with E-state index in [-0.39, 0.29) is 0 Å². The molecular formula is C14H18Zr. The predicted octanol–water partition coefficient (Wildman–Crippen LogP) is 3.85. The normalized spacial score (nSPS) is 18.7. The Morgan fingerprint density at radius 1 is 1.07 bits per heavy atom. The van der Waals surface area contributed by atoms with E-state index in [1.807, 2.05) is 0 Å². The third-order valence-corrected chi connectivity index (χ3v) is 4.20. The summed E-state index contributed by atoms with van der Waals surface area (Å²) in [5.74, 6) is 0.738. The van der Waals surface area contributed by atoms with Gasteiger partial charge >= 0.3 is 108 Å². The molecule has 15 heavy (non-hydrogen) atoms. The summed E-state index contributed by atoms with van der Waals surface area (Å²) in [5.41, 5.74) is 3.28. The van der Waals surface area contributed by atoms with E-state index >= 15 is 0 Å². The Kier molecular flexibility index (Phi) is 4.38. The Morgan fingerprint density at radius 3 is 2.07 bits per heavy atom. The van der Waals surface area contributed by atoms with E-state index in [4.69, 9.17) is 0 Å². The summed E-state index contributed by atoms with van der Waals surface area (Å²) in [5, 5.41) is 0. The average Bonchev–Trinajstić information content (AvgIpc) is 2.90. The molecule has 0 aromatic carbocycles. The van der Waals surface area contributed by atoms with Crippen LogP contribution in [0.15, 0.2) is 47.6 Å². The first-order valence-electron chi connectivity index (χ1n) is 5.83. The molecule has 0 fully saturated rings. The summed E-state index contributed by atoms with van der Waals surface area (Å²) in [6.07, 6.45) is 18.8. The van der Waals surface area contributed by atoms with Crippen LogP contribution < -0.4 is 0 Å². The fraction of sp³-hybridized carbons (Fsp3) is 0.429. The molecule has 0 unspecified atom stereocenters. The van der Waals surface area contributed by atoms with E-state index in [0.29, 0.717) is 0 Å². The Morgan fingerprint density at radius 2 is 1.67 bits per heavy atom. The van der Waals surface area contributed by atoms with Gasteiger partial charge in [-0.2, -0.15) is 0 Å². The Labute approximate surface area is 108 Å². The van der Waals surface area contributed by atoms with Crippen molar-refractivity contribution in [3.63, 3.8) is 0 Å². The van der Waals surface area contributed by atoms with Crippen LogP contribution in [0.1, 0.15) is 25.7 Å². The van der Waals surface area contributed by atoms with Gasteiger partial charge in [0.25, 0.3) is 0 Å². The van der Waals surface area contributed by atoms with Gasteiger partial charge in [-0.3, -0.25) is 0 Å². The van der Waals surface area contributed by atoms with Crippen molar-refractivity contribution in [3.05, 3.63) is 47.6 Å². The van der Waals surface area contributed by atoms with Crippen LogP contribution >= 0.6 is 0 Å². The molecule has 0 aromatic rings. The molecule has 0 aromatic heterocycles. The first-order valence-corrected chi connectivity index (χ1v) is 7.84. The van der Waals surface area contributed by atoms with E-state index in [1.54, 1.807) is 11.1 Å². The van der Waals surface area contributed by atoms with Gasteiger partial charge in [-0.1, -0.05) is 0 Å². The molecule has 0 spiro atoms.